The van der Waals surface area contributed by atoms with Gasteiger partial charge in [-0.25, -0.2) is 13.3 Å². The summed E-state index contributed by atoms with van der Waals surface area (Å²) in [5.41, 5.74) is 2.60. The van der Waals surface area contributed by atoms with Crippen LogP contribution in [-0.2, 0) is 19.6 Å². The molecule has 6 nitrogen and oxygen atoms in total. The summed E-state index contributed by atoms with van der Waals surface area (Å²) < 4.78 is 29.3. The van der Waals surface area contributed by atoms with Gasteiger partial charge < -0.3 is 0 Å². The van der Waals surface area contributed by atoms with Crippen molar-refractivity contribution in [3.8, 4) is 0 Å². The van der Waals surface area contributed by atoms with E-state index in [0.717, 1.165) is 16.0 Å². The van der Waals surface area contributed by atoms with Gasteiger partial charge in [-0.1, -0.05) is 24.3 Å². The lowest BCUT2D eigenvalue weighted by atomic mass is 10.0. The fourth-order valence-electron chi connectivity index (χ4n) is 4.31. The summed E-state index contributed by atoms with van der Waals surface area (Å²) in [5.74, 6) is -0.922. The number of amides is 2. The van der Waals surface area contributed by atoms with Crippen LogP contribution in [-0.4, -0.2) is 36.1 Å². The van der Waals surface area contributed by atoms with Crippen molar-refractivity contribution >= 4 is 27.5 Å². The van der Waals surface area contributed by atoms with Crippen molar-refractivity contribution < 1.29 is 18.0 Å². The van der Waals surface area contributed by atoms with Gasteiger partial charge in [0, 0.05) is 5.54 Å². The summed E-state index contributed by atoms with van der Waals surface area (Å²) in [4.78, 5) is 27.5. The van der Waals surface area contributed by atoms with Gasteiger partial charge in [0.15, 0.2) is 0 Å². The van der Waals surface area contributed by atoms with Crippen LogP contribution in [0, 0.1) is 27.7 Å². The van der Waals surface area contributed by atoms with E-state index in [2.05, 4.69) is 0 Å². The molecular weight excluding hydrogens is 412 g/mol. The topological polar surface area (TPSA) is 74.8 Å². The van der Waals surface area contributed by atoms with Crippen LogP contribution in [0.5, 0.6) is 0 Å². The van der Waals surface area contributed by atoms with E-state index in [1.54, 1.807) is 65.0 Å². The van der Waals surface area contributed by atoms with Gasteiger partial charge in [0.1, 0.15) is 6.04 Å². The molecule has 1 unspecified atom stereocenters. The minimum absolute atomic E-state index is 0.187. The Bertz CT molecular complexity index is 1120. The Labute approximate surface area is 184 Å². The van der Waals surface area contributed by atoms with Crippen LogP contribution in [0.1, 0.15) is 49.4 Å². The first kappa shape index (κ1) is 23.2. The number of benzene rings is 2. The van der Waals surface area contributed by atoms with Gasteiger partial charge in [0.25, 0.3) is 5.91 Å². The van der Waals surface area contributed by atoms with Gasteiger partial charge in [0.05, 0.1) is 17.0 Å². The van der Waals surface area contributed by atoms with Crippen LogP contribution in [0.4, 0.5) is 5.69 Å². The lowest BCUT2D eigenvalue weighted by Gasteiger charge is -2.38. The van der Waals surface area contributed by atoms with Gasteiger partial charge in [-0.2, -0.15) is 4.31 Å². The highest BCUT2D eigenvalue weighted by atomic mass is 32.2. The number of hydrogen-bond donors (Lipinski definition) is 0. The van der Waals surface area contributed by atoms with E-state index in [-0.39, 0.29) is 11.3 Å². The number of rotatable bonds is 4. The standard InChI is InChI=1S/C24H30N2O4S/c1-15-13-16(2)18(4)22(17(15)3)31(29,30)26(24(5,6)7)20-14-21(27)25(23(20)28)19-11-9-8-10-12-19/h8-13,20H,14H2,1-7H3. The zero-order valence-corrected chi connectivity index (χ0v) is 20.0. The zero-order valence-electron chi connectivity index (χ0n) is 19.2. The Morgan fingerprint density at radius 3 is 1.94 bits per heavy atom. The van der Waals surface area contributed by atoms with Crippen LogP contribution in [0.3, 0.4) is 0 Å². The van der Waals surface area contributed by atoms with Crippen molar-refractivity contribution in [2.75, 3.05) is 4.90 Å². The van der Waals surface area contributed by atoms with Crippen LogP contribution in [0.15, 0.2) is 41.3 Å². The van der Waals surface area contributed by atoms with E-state index in [0.29, 0.717) is 16.8 Å². The summed E-state index contributed by atoms with van der Waals surface area (Å²) in [6.45, 7) is 12.6. The van der Waals surface area contributed by atoms with Crippen LogP contribution < -0.4 is 4.90 Å². The fourth-order valence-corrected chi connectivity index (χ4v) is 6.82. The molecule has 1 aliphatic heterocycles. The molecule has 1 heterocycles. The molecule has 0 saturated carbocycles. The van der Waals surface area contributed by atoms with E-state index < -0.39 is 33.4 Å². The largest absolute Gasteiger partial charge is 0.274 e. The van der Waals surface area contributed by atoms with Gasteiger partial charge >= 0.3 is 0 Å². The molecule has 166 valence electrons. The monoisotopic (exact) mass is 442 g/mol. The van der Waals surface area contributed by atoms with Crippen molar-refractivity contribution in [1.29, 1.82) is 0 Å². The van der Waals surface area contributed by atoms with E-state index in [4.69, 9.17) is 0 Å². The number of imide groups is 1. The number of sulfonamides is 1. The lowest BCUT2D eigenvalue weighted by molar-refractivity contribution is -0.122. The SMILES string of the molecule is Cc1cc(C)c(C)c(S(=O)(=O)N(C2CC(=O)N(c3ccccc3)C2=O)C(C)(C)C)c1C. The average molecular weight is 443 g/mol. The normalized spacial score (nSPS) is 17.7. The van der Waals surface area contributed by atoms with Gasteiger partial charge in [-0.15, -0.1) is 0 Å². The Morgan fingerprint density at radius 1 is 0.935 bits per heavy atom. The maximum atomic E-state index is 14.1. The molecule has 2 amide bonds. The highest BCUT2D eigenvalue weighted by molar-refractivity contribution is 7.89. The van der Waals surface area contributed by atoms with Gasteiger partial charge in [-0.05, 0) is 82.9 Å². The molecule has 0 spiro atoms. The minimum atomic E-state index is -4.08. The molecular formula is C24H30N2O4S. The molecule has 2 aromatic carbocycles. The van der Waals surface area contributed by atoms with E-state index >= 15 is 0 Å². The predicted molar refractivity (Wildman–Crippen MR) is 122 cm³/mol. The smallest absolute Gasteiger partial charge is 0.252 e. The predicted octanol–water partition coefficient (Wildman–Crippen LogP) is 4.04. The Hall–Kier alpha value is -2.51. The Balaban J connectivity index is 2.17. The zero-order chi connectivity index (χ0) is 23.3. The van der Waals surface area contributed by atoms with Crippen molar-refractivity contribution in [3.63, 3.8) is 0 Å². The van der Waals surface area contributed by atoms with Crippen LogP contribution in [0.2, 0.25) is 0 Å². The highest BCUT2D eigenvalue weighted by Gasteiger charge is 2.51. The lowest BCUT2D eigenvalue weighted by Crippen LogP contribution is -2.54. The van der Waals surface area contributed by atoms with Crippen molar-refractivity contribution in [2.24, 2.45) is 0 Å². The molecule has 1 fully saturated rings. The van der Waals surface area contributed by atoms with E-state index in [9.17, 15) is 18.0 Å². The first-order chi connectivity index (χ1) is 14.3. The van der Waals surface area contributed by atoms with Crippen LogP contribution >= 0.6 is 0 Å². The van der Waals surface area contributed by atoms with Crippen LogP contribution in [0.25, 0.3) is 0 Å². The number of anilines is 1. The molecule has 7 heteroatoms. The van der Waals surface area contributed by atoms with Crippen molar-refractivity contribution in [3.05, 3.63) is 58.7 Å². The average Bonchev–Trinajstić information content (AvgIpc) is 2.93. The molecule has 2 aromatic rings. The molecule has 1 atom stereocenters. The second kappa shape index (κ2) is 7.88. The second-order valence-corrected chi connectivity index (χ2v) is 10.9. The molecule has 1 saturated heterocycles. The molecule has 0 N–H and O–H groups in total. The van der Waals surface area contributed by atoms with E-state index in [1.165, 1.54) is 4.31 Å². The Kier molecular flexibility index (Phi) is 5.88. The second-order valence-electron chi connectivity index (χ2n) is 9.18. The van der Waals surface area contributed by atoms with Gasteiger partial charge in [0.2, 0.25) is 15.9 Å². The third-order valence-electron chi connectivity index (χ3n) is 5.90. The summed E-state index contributed by atoms with van der Waals surface area (Å²) in [5, 5.41) is 0. The molecule has 0 bridgehead atoms. The highest BCUT2D eigenvalue weighted by Crippen LogP contribution is 2.37. The minimum Gasteiger partial charge on any atom is -0.274 e. The number of para-hydroxylation sites is 1. The molecule has 0 aliphatic carbocycles. The molecule has 0 aromatic heterocycles. The fraction of sp³-hybridized carbons (Fsp3) is 0.417. The third kappa shape index (κ3) is 3.92. The number of aryl methyl sites for hydroxylation is 2. The number of carbonyl (C=O) groups excluding carboxylic acids is 2. The summed E-state index contributed by atoms with van der Waals surface area (Å²) in [6.07, 6.45) is -0.187. The summed E-state index contributed by atoms with van der Waals surface area (Å²) in [6, 6.07) is 9.49. The summed E-state index contributed by atoms with van der Waals surface area (Å²) in [7, 11) is -4.08. The van der Waals surface area contributed by atoms with Crippen molar-refractivity contribution in [1.82, 2.24) is 4.31 Å². The molecule has 0 radical (unpaired) electrons. The maximum Gasteiger partial charge on any atom is 0.252 e. The van der Waals surface area contributed by atoms with Crippen molar-refractivity contribution in [2.45, 2.75) is 71.4 Å². The van der Waals surface area contributed by atoms with Gasteiger partial charge in [-0.3, -0.25) is 9.59 Å². The first-order valence-corrected chi connectivity index (χ1v) is 11.8. The number of nitrogens with zero attached hydrogens (tertiary/aromatic N) is 2. The maximum absolute atomic E-state index is 14.1. The van der Waals surface area contributed by atoms with E-state index in [1.807, 2.05) is 19.9 Å². The third-order valence-corrected chi connectivity index (χ3v) is 8.34. The quantitative estimate of drug-likeness (QED) is 0.670. The number of hydrogen-bond acceptors (Lipinski definition) is 4. The molecule has 1 aliphatic rings. The first-order valence-electron chi connectivity index (χ1n) is 10.3. The Morgan fingerprint density at radius 2 is 1.45 bits per heavy atom. The molecule has 3 rings (SSSR count). The number of carbonyl (C=O) groups is 2. The molecule has 31 heavy (non-hydrogen) atoms. The summed E-state index contributed by atoms with van der Waals surface area (Å²) >= 11 is 0.